The molecule has 1 aliphatic rings. The maximum Gasteiger partial charge on any atom is 3.00 e. The molecule has 0 bridgehead atoms. The molecule has 0 nitrogen and oxygen atoms in total. The van der Waals surface area contributed by atoms with Gasteiger partial charge in [-0.15, -0.1) is 6.42 Å². The topological polar surface area (TPSA) is 0 Å². The van der Waals surface area contributed by atoms with Gasteiger partial charge in [0.05, 0.1) is 0 Å². The quantitative estimate of drug-likeness (QED) is 0.249. The van der Waals surface area contributed by atoms with Crippen molar-refractivity contribution in [3.63, 3.8) is 0 Å². The van der Waals surface area contributed by atoms with E-state index in [1.54, 1.807) is 0 Å². The first-order chi connectivity index (χ1) is 4.29. The Bertz CT molecular complexity index is 151. The average Bonchev–Trinajstić information content (AvgIpc) is 2.15. The first-order valence-corrected chi connectivity index (χ1v) is 3.55. The van der Waals surface area contributed by atoms with E-state index in [4.69, 9.17) is 0 Å². The molecule has 1 rings (SSSR count). The van der Waals surface area contributed by atoms with Crippen molar-refractivity contribution in [3.8, 4) is 0 Å². The van der Waals surface area contributed by atoms with E-state index in [-0.39, 0.29) is 69.7 Å². The molecule has 0 saturated heterocycles. The molecule has 3 heteroatoms. The molecular formula is C9H13I2Ti. The fraction of sp³-hybridized carbons (Fsp3) is 0.556. The summed E-state index contributed by atoms with van der Waals surface area (Å²) >= 11 is 0. The Hall–Kier alpha value is 1.65. The van der Waals surface area contributed by atoms with Gasteiger partial charge in [0.1, 0.15) is 0 Å². The van der Waals surface area contributed by atoms with E-state index >= 15 is 0 Å². The third-order valence-corrected chi connectivity index (χ3v) is 1.39. The monoisotopic (exact) mass is 423 g/mol. The van der Waals surface area contributed by atoms with Crippen LogP contribution >= 0.6 is 0 Å². The van der Waals surface area contributed by atoms with E-state index in [0.717, 1.165) is 12.3 Å². The van der Waals surface area contributed by atoms with E-state index in [1.165, 1.54) is 12.0 Å². The second kappa shape index (κ2) is 10.7. The largest absolute Gasteiger partial charge is 3.00 e. The number of allylic oxidation sites excluding steroid dienone is 4. The summed E-state index contributed by atoms with van der Waals surface area (Å²) in [6, 6.07) is 0. The fourth-order valence-electron chi connectivity index (χ4n) is 1.03. The van der Waals surface area contributed by atoms with Crippen LogP contribution in [0.15, 0.2) is 17.7 Å². The van der Waals surface area contributed by atoms with Gasteiger partial charge in [0, 0.05) is 0 Å². The Kier molecular flexibility index (Phi) is 17.2. The normalized spacial score (nSPS) is 12.8. The maximum atomic E-state index is 3.29. The minimum Gasteiger partial charge on any atom is -1.00 e. The molecule has 0 spiro atoms. The van der Waals surface area contributed by atoms with Gasteiger partial charge in [-0.1, -0.05) is 20.3 Å². The van der Waals surface area contributed by atoms with Gasteiger partial charge in [-0.2, -0.15) is 6.08 Å². The van der Waals surface area contributed by atoms with Gasteiger partial charge in [-0.25, -0.2) is 11.6 Å². The molecule has 1 radical (unpaired) electrons. The van der Waals surface area contributed by atoms with Gasteiger partial charge in [0.15, 0.2) is 0 Å². The van der Waals surface area contributed by atoms with E-state index < -0.39 is 0 Å². The predicted octanol–water partition coefficient (Wildman–Crippen LogP) is -3.27. The summed E-state index contributed by atoms with van der Waals surface area (Å²) in [5, 5.41) is 0. The molecule has 0 aromatic rings. The summed E-state index contributed by atoms with van der Waals surface area (Å²) in [4.78, 5) is 0. The molecule has 67 valence electrons. The number of halogens is 2. The van der Waals surface area contributed by atoms with Crippen molar-refractivity contribution in [2.45, 2.75) is 26.7 Å². The molecule has 0 aromatic carbocycles. The van der Waals surface area contributed by atoms with Crippen LogP contribution in [0.3, 0.4) is 0 Å². The summed E-state index contributed by atoms with van der Waals surface area (Å²) in [7, 11) is 0. The summed E-state index contributed by atoms with van der Waals surface area (Å²) in [6.07, 6.45) is 9.86. The molecule has 0 amide bonds. The molecule has 0 saturated carbocycles. The van der Waals surface area contributed by atoms with Crippen LogP contribution in [0.2, 0.25) is 0 Å². The zero-order valence-electron chi connectivity index (χ0n) is 7.40. The Morgan fingerprint density at radius 3 is 2.33 bits per heavy atom. The third kappa shape index (κ3) is 8.26. The Morgan fingerprint density at radius 1 is 1.42 bits per heavy atom. The van der Waals surface area contributed by atoms with Crippen LogP contribution in [0.1, 0.15) is 26.7 Å². The number of hydrogen-bond donors (Lipinski definition) is 0. The van der Waals surface area contributed by atoms with Crippen LogP contribution in [-0.4, -0.2) is 0 Å². The van der Waals surface area contributed by atoms with Gasteiger partial charge in [0.25, 0.3) is 0 Å². The molecule has 0 aromatic heterocycles. The van der Waals surface area contributed by atoms with Crippen molar-refractivity contribution >= 4 is 0 Å². The number of rotatable bonds is 2. The zero-order chi connectivity index (χ0) is 6.69. The molecule has 0 atom stereocenters. The second-order valence-corrected chi connectivity index (χ2v) is 2.91. The Morgan fingerprint density at radius 2 is 2.00 bits per heavy atom. The minimum absolute atomic E-state index is 0. The summed E-state index contributed by atoms with van der Waals surface area (Å²) in [5.74, 6) is 0.773. The molecule has 1 aliphatic carbocycles. The van der Waals surface area contributed by atoms with Crippen LogP contribution in [0.25, 0.3) is 0 Å². The van der Waals surface area contributed by atoms with Crippen LogP contribution in [-0.2, 0) is 21.7 Å². The molecule has 0 fully saturated rings. The van der Waals surface area contributed by atoms with Crippen LogP contribution in [0.5, 0.6) is 0 Å². The first kappa shape index (κ1) is 19.3. The van der Waals surface area contributed by atoms with Crippen molar-refractivity contribution in [2.24, 2.45) is 5.92 Å². The molecule has 0 unspecified atom stereocenters. The van der Waals surface area contributed by atoms with Crippen molar-refractivity contribution in [1.29, 1.82) is 0 Å². The molecule has 0 heterocycles. The van der Waals surface area contributed by atoms with Gasteiger partial charge < -0.3 is 48.0 Å². The van der Waals surface area contributed by atoms with Gasteiger partial charge in [-0.3, -0.25) is 6.08 Å². The molecule has 12 heavy (non-hydrogen) atoms. The summed E-state index contributed by atoms with van der Waals surface area (Å²) in [5.41, 5.74) is 1.39. The van der Waals surface area contributed by atoms with Gasteiger partial charge >= 0.3 is 21.7 Å². The van der Waals surface area contributed by atoms with Crippen molar-refractivity contribution in [3.05, 3.63) is 23.8 Å². The van der Waals surface area contributed by atoms with Crippen molar-refractivity contribution in [1.82, 2.24) is 0 Å². The van der Waals surface area contributed by atoms with Crippen molar-refractivity contribution < 1.29 is 69.7 Å². The molecule has 0 N–H and O–H groups in total. The van der Waals surface area contributed by atoms with E-state index in [9.17, 15) is 0 Å². The van der Waals surface area contributed by atoms with Crippen molar-refractivity contribution in [2.75, 3.05) is 0 Å². The van der Waals surface area contributed by atoms with Gasteiger partial charge in [-0.05, 0) is 5.92 Å². The van der Waals surface area contributed by atoms with Crippen LogP contribution < -0.4 is 48.0 Å². The SMILES string of the molecule is CC(C)CC1=[C-]CC=C1.[I-].[I-].[Ti+3]. The minimum atomic E-state index is 0. The number of hydrogen-bond acceptors (Lipinski definition) is 0. The summed E-state index contributed by atoms with van der Waals surface area (Å²) < 4.78 is 0. The summed E-state index contributed by atoms with van der Waals surface area (Å²) in [6.45, 7) is 4.47. The average molecular weight is 423 g/mol. The Balaban J connectivity index is -0.000000270. The first-order valence-electron chi connectivity index (χ1n) is 3.55. The predicted molar refractivity (Wildman–Crippen MR) is 40.0 cm³/mol. The van der Waals surface area contributed by atoms with E-state index in [0.29, 0.717) is 0 Å². The van der Waals surface area contributed by atoms with Gasteiger partial charge in [0.2, 0.25) is 0 Å². The van der Waals surface area contributed by atoms with E-state index in [2.05, 4.69) is 32.1 Å². The molecular weight excluding hydrogens is 410 g/mol. The maximum absolute atomic E-state index is 3.29. The second-order valence-electron chi connectivity index (χ2n) is 2.91. The standard InChI is InChI=1S/C9H13.2HI.Ti/c1-8(2)7-9-5-3-4-6-9;;;/h3,5,8H,4,7H2,1-2H3;2*1H;/q-1;;;+3/p-2. The smallest absolute Gasteiger partial charge is 1.00 e. The van der Waals surface area contributed by atoms with Crippen LogP contribution in [0.4, 0.5) is 0 Å². The van der Waals surface area contributed by atoms with Crippen LogP contribution in [0, 0.1) is 12.0 Å². The third-order valence-electron chi connectivity index (χ3n) is 1.39. The Labute approximate surface area is 125 Å². The van der Waals surface area contributed by atoms with E-state index in [1.807, 2.05) is 0 Å². The zero-order valence-corrected chi connectivity index (χ0v) is 13.3. The molecule has 0 aliphatic heterocycles. The fourth-order valence-corrected chi connectivity index (χ4v) is 1.03.